The Morgan fingerprint density at radius 2 is 1.88 bits per heavy atom. The second-order valence-corrected chi connectivity index (χ2v) is 10.5. The molecule has 7 nitrogen and oxygen atoms in total. The molecule has 3 heterocycles. The van der Waals surface area contributed by atoms with Crippen LogP contribution in [0, 0.1) is 13.3 Å². The first kappa shape index (κ1) is 23.7. The van der Waals surface area contributed by atoms with Crippen LogP contribution in [-0.2, 0) is 27.8 Å². The van der Waals surface area contributed by atoms with Gasteiger partial charge in [0, 0.05) is 43.0 Å². The summed E-state index contributed by atoms with van der Waals surface area (Å²) in [6, 6.07) is 11.9. The standard InChI is InChI=1S/C25H31N4O3S/c1-20-18-21(23-8-4-5-9-24(23)28-20)19-32-22-11-15-29(16-12-22)33(30,31)17-6-2-3-10-25-26-13-7-14-27-25/h4-9,13-14,18,22H,2-3,10-12,15-17,19H2,1H3. The molecule has 175 valence electrons. The minimum absolute atomic E-state index is 0.0681. The highest BCUT2D eigenvalue weighted by atomic mass is 32.2. The third-order valence-corrected chi connectivity index (χ3v) is 7.76. The van der Waals surface area contributed by atoms with Gasteiger partial charge in [0.2, 0.25) is 10.0 Å². The molecule has 4 rings (SSSR count). The van der Waals surface area contributed by atoms with Gasteiger partial charge in [-0.15, -0.1) is 0 Å². The Morgan fingerprint density at radius 1 is 1.12 bits per heavy atom. The Bertz CT molecular complexity index is 1150. The Kier molecular flexibility index (Phi) is 8.01. The topological polar surface area (TPSA) is 85.3 Å². The van der Waals surface area contributed by atoms with E-state index in [4.69, 9.17) is 4.74 Å². The smallest absolute Gasteiger partial charge is 0.214 e. The van der Waals surface area contributed by atoms with Crippen LogP contribution in [0.3, 0.4) is 0 Å². The maximum absolute atomic E-state index is 12.7. The minimum atomic E-state index is -3.27. The monoisotopic (exact) mass is 467 g/mol. The van der Waals surface area contributed by atoms with Gasteiger partial charge in [-0.3, -0.25) is 4.98 Å². The van der Waals surface area contributed by atoms with Crippen molar-refractivity contribution in [2.45, 2.75) is 51.7 Å². The fourth-order valence-electron chi connectivity index (χ4n) is 4.20. The largest absolute Gasteiger partial charge is 0.373 e. The maximum Gasteiger partial charge on any atom is 0.214 e. The average molecular weight is 468 g/mol. The molecule has 1 aromatic carbocycles. The number of rotatable bonds is 10. The molecule has 8 heteroatoms. The van der Waals surface area contributed by atoms with Crippen LogP contribution in [0.25, 0.3) is 10.9 Å². The van der Waals surface area contributed by atoms with Crippen molar-refractivity contribution < 1.29 is 13.2 Å². The third kappa shape index (κ3) is 6.56. The van der Waals surface area contributed by atoms with Crippen LogP contribution in [-0.4, -0.2) is 52.6 Å². The molecule has 0 N–H and O–H groups in total. The van der Waals surface area contributed by atoms with E-state index in [1.807, 2.05) is 31.5 Å². The highest BCUT2D eigenvalue weighted by Crippen LogP contribution is 2.23. The van der Waals surface area contributed by atoms with E-state index in [0.717, 1.165) is 47.2 Å². The van der Waals surface area contributed by atoms with Gasteiger partial charge in [-0.05, 0) is 62.8 Å². The van der Waals surface area contributed by atoms with Gasteiger partial charge < -0.3 is 4.74 Å². The molecular formula is C25H31N4O3S. The molecule has 1 aliphatic heterocycles. The van der Waals surface area contributed by atoms with Crippen LogP contribution in [0.4, 0.5) is 0 Å². The van der Waals surface area contributed by atoms with E-state index in [0.29, 0.717) is 32.5 Å². The van der Waals surface area contributed by atoms with Gasteiger partial charge in [0.15, 0.2) is 0 Å². The molecule has 1 fully saturated rings. The molecule has 0 spiro atoms. The first-order chi connectivity index (χ1) is 16.0. The summed E-state index contributed by atoms with van der Waals surface area (Å²) in [6.07, 6.45) is 9.14. The molecule has 1 aliphatic rings. The van der Waals surface area contributed by atoms with Crippen molar-refractivity contribution in [3.05, 3.63) is 72.3 Å². The zero-order chi connectivity index (χ0) is 23.1. The van der Waals surface area contributed by atoms with Gasteiger partial charge in [0.1, 0.15) is 5.82 Å². The molecule has 0 atom stereocenters. The summed E-state index contributed by atoms with van der Waals surface area (Å²) in [5, 5.41) is 1.11. The van der Waals surface area contributed by atoms with Crippen LogP contribution in [0.15, 0.2) is 48.8 Å². The van der Waals surface area contributed by atoms with Gasteiger partial charge in [-0.25, -0.2) is 22.7 Å². The lowest BCUT2D eigenvalue weighted by molar-refractivity contribution is 0.0107. The predicted octanol–water partition coefficient (Wildman–Crippen LogP) is 3.87. The van der Waals surface area contributed by atoms with Gasteiger partial charge in [0.05, 0.1) is 24.0 Å². The van der Waals surface area contributed by atoms with Crippen molar-refractivity contribution in [1.82, 2.24) is 19.3 Å². The maximum atomic E-state index is 12.7. The molecule has 1 saturated heterocycles. The Morgan fingerprint density at radius 3 is 2.67 bits per heavy atom. The lowest BCUT2D eigenvalue weighted by Crippen LogP contribution is -2.41. The summed E-state index contributed by atoms with van der Waals surface area (Å²) in [5.74, 6) is 0.877. The molecule has 3 aromatic rings. The summed E-state index contributed by atoms with van der Waals surface area (Å²) in [6.45, 7) is 3.52. The number of pyridine rings is 1. The zero-order valence-electron chi connectivity index (χ0n) is 19.1. The molecule has 0 aliphatic carbocycles. The van der Waals surface area contributed by atoms with Crippen molar-refractivity contribution in [2.75, 3.05) is 18.8 Å². The number of hydrogen-bond acceptors (Lipinski definition) is 6. The molecule has 0 amide bonds. The van der Waals surface area contributed by atoms with Crippen molar-refractivity contribution in [3.8, 4) is 0 Å². The SMILES string of the molecule is Cc1cc(COC2CCN(S(=O)(=O)C[CH]CCCc3ncccn3)CC2)c2ccccc2n1. The fourth-order valence-corrected chi connectivity index (χ4v) is 5.64. The number of piperidine rings is 1. The van der Waals surface area contributed by atoms with Crippen LogP contribution in [0.1, 0.15) is 42.8 Å². The Labute approximate surface area is 196 Å². The lowest BCUT2D eigenvalue weighted by Gasteiger charge is -2.31. The first-order valence-electron chi connectivity index (χ1n) is 11.5. The number of nitrogens with zero attached hydrogens (tertiary/aromatic N) is 4. The normalized spacial score (nSPS) is 15.8. The molecular weight excluding hydrogens is 436 g/mol. The number of fused-ring (bicyclic) bond motifs is 1. The quantitative estimate of drug-likeness (QED) is 0.421. The average Bonchev–Trinajstić information content (AvgIpc) is 2.83. The number of sulfonamides is 1. The minimum Gasteiger partial charge on any atom is -0.373 e. The molecule has 33 heavy (non-hydrogen) atoms. The highest BCUT2D eigenvalue weighted by molar-refractivity contribution is 7.89. The number of aryl methyl sites for hydroxylation is 2. The summed E-state index contributed by atoms with van der Waals surface area (Å²) < 4.78 is 33.2. The van der Waals surface area contributed by atoms with E-state index < -0.39 is 10.0 Å². The number of unbranched alkanes of at least 4 members (excludes halogenated alkanes) is 2. The number of hydrogen-bond donors (Lipinski definition) is 0. The third-order valence-electron chi connectivity index (χ3n) is 5.96. The summed E-state index contributed by atoms with van der Waals surface area (Å²) >= 11 is 0. The second-order valence-electron chi connectivity index (χ2n) is 8.47. The molecule has 0 saturated carbocycles. The summed E-state index contributed by atoms with van der Waals surface area (Å²) in [4.78, 5) is 13.0. The number of para-hydroxylation sites is 1. The van der Waals surface area contributed by atoms with E-state index in [9.17, 15) is 8.42 Å². The van der Waals surface area contributed by atoms with E-state index in [2.05, 4.69) is 27.1 Å². The lowest BCUT2D eigenvalue weighted by atomic mass is 10.1. The van der Waals surface area contributed by atoms with Crippen LogP contribution < -0.4 is 0 Å². The van der Waals surface area contributed by atoms with Crippen LogP contribution in [0.2, 0.25) is 0 Å². The van der Waals surface area contributed by atoms with Gasteiger partial charge in [0.25, 0.3) is 0 Å². The zero-order valence-corrected chi connectivity index (χ0v) is 19.9. The van der Waals surface area contributed by atoms with E-state index >= 15 is 0 Å². The summed E-state index contributed by atoms with van der Waals surface area (Å²) in [5.41, 5.74) is 3.08. The van der Waals surface area contributed by atoms with Crippen molar-refractivity contribution in [2.24, 2.45) is 0 Å². The highest BCUT2D eigenvalue weighted by Gasteiger charge is 2.28. The van der Waals surface area contributed by atoms with E-state index in [1.54, 1.807) is 22.8 Å². The number of benzene rings is 1. The molecule has 0 unspecified atom stereocenters. The van der Waals surface area contributed by atoms with Gasteiger partial charge in [-0.2, -0.15) is 0 Å². The first-order valence-corrected chi connectivity index (χ1v) is 13.1. The fraction of sp³-hybridized carbons (Fsp3) is 0.440. The van der Waals surface area contributed by atoms with Crippen molar-refractivity contribution in [1.29, 1.82) is 0 Å². The van der Waals surface area contributed by atoms with Crippen molar-refractivity contribution >= 4 is 20.9 Å². The number of aromatic nitrogens is 3. The van der Waals surface area contributed by atoms with Gasteiger partial charge in [-0.1, -0.05) is 18.2 Å². The van der Waals surface area contributed by atoms with E-state index in [-0.39, 0.29) is 11.9 Å². The molecule has 2 aromatic heterocycles. The molecule has 0 bridgehead atoms. The predicted molar refractivity (Wildman–Crippen MR) is 129 cm³/mol. The van der Waals surface area contributed by atoms with E-state index in [1.165, 1.54) is 0 Å². The van der Waals surface area contributed by atoms with Gasteiger partial charge >= 0.3 is 0 Å². The van der Waals surface area contributed by atoms with Crippen molar-refractivity contribution in [3.63, 3.8) is 0 Å². The van der Waals surface area contributed by atoms with Crippen LogP contribution in [0.5, 0.6) is 0 Å². The Hall–Kier alpha value is -2.42. The number of ether oxygens (including phenoxy) is 1. The Balaban J connectivity index is 1.20. The second kappa shape index (κ2) is 11.1. The molecule has 1 radical (unpaired) electrons. The summed E-state index contributed by atoms with van der Waals surface area (Å²) in [7, 11) is -3.27. The van der Waals surface area contributed by atoms with Crippen LogP contribution >= 0.6 is 0 Å².